The molecule has 0 atom stereocenters. The Bertz CT molecular complexity index is 101. The molecule has 2 heteroatoms. The quantitative estimate of drug-likeness (QED) is 0.415. The molecule has 0 rings (SSSR count). The molecule has 0 unspecified atom stereocenters. The lowest BCUT2D eigenvalue weighted by atomic mass is 10.1. The maximum absolute atomic E-state index is 11.2. The van der Waals surface area contributed by atoms with Crippen molar-refractivity contribution in [1.82, 2.24) is 0 Å². The minimum absolute atomic E-state index is 0. The van der Waals surface area contributed by atoms with Gasteiger partial charge in [-0.15, -0.1) is 0 Å². The first-order chi connectivity index (χ1) is 5.81. The predicted molar refractivity (Wildman–Crippen MR) is 60.2 cm³/mol. The molecule has 1 nitrogen and oxygen atoms in total. The van der Waals surface area contributed by atoms with Gasteiger partial charge in [0.15, 0.2) is 0 Å². The number of carbonyl (C=O) groups is 1. The molecule has 0 aliphatic heterocycles. The van der Waals surface area contributed by atoms with E-state index >= 15 is 0 Å². The lowest BCUT2D eigenvalue weighted by molar-refractivity contribution is -0.119. The van der Waals surface area contributed by atoms with Crippen LogP contribution in [0.15, 0.2) is 0 Å². The summed E-state index contributed by atoms with van der Waals surface area (Å²) in [4.78, 5) is 11.2. The standard InChI is InChI=1S/C11H22O.P/c1-3-5-7-9-11(12)10-8-6-4-2;/h3-10H2,1-2H3;. The first kappa shape index (κ1) is 15.6. The van der Waals surface area contributed by atoms with Crippen molar-refractivity contribution in [2.75, 3.05) is 0 Å². The van der Waals surface area contributed by atoms with Crippen molar-refractivity contribution < 1.29 is 4.79 Å². The third kappa shape index (κ3) is 12.1. The smallest absolute Gasteiger partial charge is 0.132 e. The van der Waals surface area contributed by atoms with E-state index in [-0.39, 0.29) is 9.90 Å². The highest BCUT2D eigenvalue weighted by Crippen LogP contribution is 2.05. The Balaban J connectivity index is 0. The van der Waals surface area contributed by atoms with Crippen molar-refractivity contribution in [3.05, 3.63) is 0 Å². The summed E-state index contributed by atoms with van der Waals surface area (Å²) in [6.45, 7) is 4.34. The molecule has 0 bridgehead atoms. The van der Waals surface area contributed by atoms with Crippen LogP contribution in [0.1, 0.15) is 65.2 Å². The zero-order chi connectivity index (χ0) is 9.23. The van der Waals surface area contributed by atoms with Crippen LogP contribution in [0, 0.1) is 0 Å². The van der Waals surface area contributed by atoms with Gasteiger partial charge in [-0.05, 0) is 12.8 Å². The van der Waals surface area contributed by atoms with Gasteiger partial charge in [0.05, 0.1) is 0 Å². The zero-order valence-corrected chi connectivity index (χ0v) is 9.91. The fourth-order valence-electron chi connectivity index (χ4n) is 1.27. The molecule has 0 spiro atoms. The van der Waals surface area contributed by atoms with Gasteiger partial charge >= 0.3 is 0 Å². The third-order valence-corrected chi connectivity index (χ3v) is 2.12. The number of carbonyl (C=O) groups excluding carboxylic acids is 1. The number of unbranched alkanes of at least 4 members (excludes halogenated alkanes) is 4. The van der Waals surface area contributed by atoms with Crippen molar-refractivity contribution in [3.63, 3.8) is 0 Å². The van der Waals surface area contributed by atoms with Crippen molar-refractivity contribution >= 4 is 15.7 Å². The molecular weight excluding hydrogens is 179 g/mol. The SMILES string of the molecule is CCCCCC(=O)CCCCC.[P]. The molecule has 0 aromatic heterocycles. The normalized spacial score (nSPS) is 9.38. The Morgan fingerprint density at radius 3 is 1.54 bits per heavy atom. The van der Waals surface area contributed by atoms with Crippen LogP contribution >= 0.6 is 9.90 Å². The van der Waals surface area contributed by atoms with E-state index in [0.29, 0.717) is 5.78 Å². The van der Waals surface area contributed by atoms with Gasteiger partial charge in [0.25, 0.3) is 0 Å². The molecular formula is C11H22OP. The van der Waals surface area contributed by atoms with E-state index in [9.17, 15) is 4.79 Å². The van der Waals surface area contributed by atoms with E-state index in [1.54, 1.807) is 0 Å². The number of hydrogen-bond acceptors (Lipinski definition) is 1. The highest BCUT2D eigenvalue weighted by atomic mass is 31.0. The van der Waals surface area contributed by atoms with Gasteiger partial charge in [-0.3, -0.25) is 4.79 Å². The van der Waals surface area contributed by atoms with Crippen molar-refractivity contribution in [2.45, 2.75) is 65.2 Å². The molecule has 77 valence electrons. The second kappa shape index (κ2) is 12.1. The van der Waals surface area contributed by atoms with Crippen LogP contribution in [-0.4, -0.2) is 5.78 Å². The lowest BCUT2D eigenvalue weighted by Gasteiger charge is -1.98. The van der Waals surface area contributed by atoms with Crippen LogP contribution in [0.25, 0.3) is 0 Å². The summed E-state index contributed by atoms with van der Waals surface area (Å²) in [5.74, 6) is 0.469. The van der Waals surface area contributed by atoms with Gasteiger partial charge < -0.3 is 0 Å². The topological polar surface area (TPSA) is 17.1 Å². The van der Waals surface area contributed by atoms with E-state index in [1.165, 1.54) is 25.7 Å². The zero-order valence-electron chi connectivity index (χ0n) is 9.01. The molecule has 0 heterocycles. The van der Waals surface area contributed by atoms with Crippen LogP contribution < -0.4 is 0 Å². The Morgan fingerprint density at radius 1 is 0.846 bits per heavy atom. The summed E-state index contributed by atoms with van der Waals surface area (Å²) in [6, 6.07) is 0. The van der Waals surface area contributed by atoms with E-state index in [0.717, 1.165) is 25.7 Å². The molecule has 0 aliphatic carbocycles. The molecule has 0 amide bonds. The molecule has 0 fully saturated rings. The summed E-state index contributed by atoms with van der Waals surface area (Å²) < 4.78 is 0. The fourth-order valence-corrected chi connectivity index (χ4v) is 1.27. The van der Waals surface area contributed by atoms with Gasteiger partial charge in [-0.1, -0.05) is 39.5 Å². The fraction of sp³-hybridized carbons (Fsp3) is 0.909. The summed E-state index contributed by atoms with van der Waals surface area (Å²) >= 11 is 0. The first-order valence-corrected chi connectivity index (χ1v) is 5.33. The van der Waals surface area contributed by atoms with Gasteiger partial charge in [0, 0.05) is 22.7 Å². The van der Waals surface area contributed by atoms with E-state index < -0.39 is 0 Å². The summed E-state index contributed by atoms with van der Waals surface area (Å²) in [5, 5.41) is 0. The van der Waals surface area contributed by atoms with Gasteiger partial charge in [-0.25, -0.2) is 0 Å². The Labute approximate surface area is 86.3 Å². The number of rotatable bonds is 8. The summed E-state index contributed by atoms with van der Waals surface area (Å²) in [5.41, 5.74) is 0. The molecule has 3 radical (unpaired) electrons. The van der Waals surface area contributed by atoms with Crippen molar-refractivity contribution in [2.24, 2.45) is 0 Å². The molecule has 0 aliphatic rings. The summed E-state index contributed by atoms with van der Waals surface area (Å²) in [7, 11) is 0. The van der Waals surface area contributed by atoms with E-state index in [2.05, 4.69) is 13.8 Å². The number of Topliss-reactive ketones (excluding diaryl/α,β-unsaturated/α-hetero) is 1. The monoisotopic (exact) mass is 201 g/mol. The number of ketones is 1. The predicted octanol–water partition coefficient (Wildman–Crippen LogP) is 4.58. The average molecular weight is 201 g/mol. The Hall–Kier alpha value is 0.100. The third-order valence-electron chi connectivity index (χ3n) is 2.12. The maximum atomic E-state index is 11.2. The molecule has 0 aromatic carbocycles. The van der Waals surface area contributed by atoms with Gasteiger partial charge in [0.1, 0.15) is 5.78 Å². The second-order valence-electron chi connectivity index (χ2n) is 3.45. The molecule has 0 N–H and O–H groups in total. The molecule has 0 aromatic rings. The van der Waals surface area contributed by atoms with E-state index in [4.69, 9.17) is 0 Å². The highest BCUT2D eigenvalue weighted by Gasteiger charge is 1.99. The van der Waals surface area contributed by atoms with Crippen LogP contribution in [0.2, 0.25) is 0 Å². The highest BCUT2D eigenvalue weighted by molar-refractivity contribution is 6.92. The second-order valence-corrected chi connectivity index (χ2v) is 3.45. The summed E-state index contributed by atoms with van der Waals surface area (Å²) in [6.07, 6.45) is 8.67. The average Bonchev–Trinajstić information content (AvgIpc) is 2.06. The lowest BCUT2D eigenvalue weighted by Crippen LogP contribution is -1.96. The van der Waals surface area contributed by atoms with Crippen molar-refractivity contribution in [1.29, 1.82) is 0 Å². The van der Waals surface area contributed by atoms with E-state index in [1.807, 2.05) is 0 Å². The largest absolute Gasteiger partial charge is 0.300 e. The maximum Gasteiger partial charge on any atom is 0.132 e. The van der Waals surface area contributed by atoms with Crippen LogP contribution in [-0.2, 0) is 4.79 Å². The minimum atomic E-state index is 0. The molecule has 0 saturated carbocycles. The molecule has 13 heavy (non-hydrogen) atoms. The van der Waals surface area contributed by atoms with Crippen LogP contribution in [0.5, 0.6) is 0 Å². The number of hydrogen-bond donors (Lipinski definition) is 0. The van der Waals surface area contributed by atoms with Crippen molar-refractivity contribution in [3.8, 4) is 0 Å². The van der Waals surface area contributed by atoms with Crippen LogP contribution in [0.4, 0.5) is 0 Å². The van der Waals surface area contributed by atoms with Crippen LogP contribution in [0.3, 0.4) is 0 Å². The Kier molecular flexibility index (Phi) is 14.5. The minimum Gasteiger partial charge on any atom is -0.300 e. The Morgan fingerprint density at radius 2 is 1.23 bits per heavy atom. The molecule has 0 saturated heterocycles. The first-order valence-electron chi connectivity index (χ1n) is 5.33. The van der Waals surface area contributed by atoms with Gasteiger partial charge in [-0.2, -0.15) is 0 Å². The van der Waals surface area contributed by atoms with Gasteiger partial charge in [0.2, 0.25) is 0 Å².